The van der Waals surface area contributed by atoms with Crippen molar-refractivity contribution < 1.29 is 22.7 Å². The van der Waals surface area contributed by atoms with Gasteiger partial charge in [-0.2, -0.15) is 0 Å². The van der Waals surface area contributed by atoms with Crippen molar-refractivity contribution >= 4 is 44.9 Å². The van der Waals surface area contributed by atoms with Crippen LogP contribution in [0.25, 0.3) is 0 Å². The average Bonchev–Trinajstić information content (AvgIpc) is 2.79. The molecule has 0 radical (unpaired) electrons. The van der Waals surface area contributed by atoms with Gasteiger partial charge in [0.25, 0.3) is 5.91 Å². The minimum atomic E-state index is -3.48. The molecule has 2 amide bonds. The predicted molar refractivity (Wildman–Crippen MR) is 144 cm³/mol. The number of benzene rings is 2. The number of carbonyl (C=O) groups is 2. The fraction of sp³-hybridized carbons (Fsp3) is 0.462. The number of primary amides is 1. The lowest BCUT2D eigenvalue weighted by Gasteiger charge is -2.44. The van der Waals surface area contributed by atoms with Crippen LogP contribution in [0.15, 0.2) is 54.6 Å². The third-order valence-electron chi connectivity index (χ3n) is 5.90. The summed E-state index contributed by atoms with van der Waals surface area (Å²) in [7, 11) is -3.48. The summed E-state index contributed by atoms with van der Waals surface area (Å²) in [6.45, 7) is 6.90. The highest BCUT2D eigenvalue weighted by Gasteiger charge is 2.43. The van der Waals surface area contributed by atoms with E-state index in [1.165, 1.54) is 0 Å². The van der Waals surface area contributed by atoms with Gasteiger partial charge in [0, 0.05) is 16.1 Å². The Morgan fingerprint density at radius 2 is 1.64 bits per heavy atom. The molecule has 2 aromatic rings. The molecule has 198 valence electrons. The third-order valence-corrected chi connectivity index (χ3v) is 9.10. The topological polar surface area (TPSA) is 107 Å². The van der Waals surface area contributed by atoms with E-state index in [0.717, 1.165) is 10.6 Å². The Morgan fingerprint density at radius 3 is 2.08 bits per heavy atom. The molecule has 3 atom stereocenters. The summed E-state index contributed by atoms with van der Waals surface area (Å²) in [6, 6.07) is 15.4. The van der Waals surface area contributed by atoms with Crippen LogP contribution in [0.4, 0.5) is 0 Å². The molecular formula is C26H34Cl2N2O5S. The number of sulfone groups is 1. The van der Waals surface area contributed by atoms with Crippen LogP contribution in [0.1, 0.15) is 52.1 Å². The number of carbonyl (C=O) groups excluding carboxylic acids is 2. The first kappa shape index (κ1) is 30.1. The summed E-state index contributed by atoms with van der Waals surface area (Å²) >= 11 is 11.5. The second kappa shape index (κ2) is 12.9. The zero-order valence-electron chi connectivity index (χ0n) is 21.0. The number of morpholine rings is 1. The summed E-state index contributed by atoms with van der Waals surface area (Å²) < 4.78 is 30.4. The summed E-state index contributed by atoms with van der Waals surface area (Å²) in [5.74, 6) is -1.25. The monoisotopic (exact) mass is 556 g/mol. The third kappa shape index (κ3) is 8.20. The molecule has 2 N–H and O–H groups in total. The molecule has 1 aliphatic rings. The number of hydrogen-bond donors (Lipinski definition) is 1. The van der Waals surface area contributed by atoms with Gasteiger partial charge >= 0.3 is 0 Å². The van der Waals surface area contributed by atoms with Crippen LogP contribution in [0.2, 0.25) is 10.0 Å². The van der Waals surface area contributed by atoms with Crippen molar-refractivity contribution in [3.63, 3.8) is 0 Å². The van der Waals surface area contributed by atoms with Crippen molar-refractivity contribution in [1.29, 1.82) is 0 Å². The SMILES string of the molecule is CCC(CS(=O)(=O)C(C)(C)C)N1C(=O)[C@H](CC(N)=O)OCC1c1ccc(Cl)cc1.Clc1ccccc1. The quantitative estimate of drug-likeness (QED) is 0.526. The number of ether oxygens (including phenoxy) is 1. The van der Waals surface area contributed by atoms with Gasteiger partial charge < -0.3 is 15.4 Å². The molecule has 0 bridgehead atoms. The van der Waals surface area contributed by atoms with Gasteiger partial charge in [-0.1, -0.05) is 60.5 Å². The number of nitrogens with zero attached hydrogens (tertiary/aromatic N) is 1. The van der Waals surface area contributed by atoms with Crippen molar-refractivity contribution in [1.82, 2.24) is 4.90 Å². The lowest BCUT2D eigenvalue weighted by Crippen LogP contribution is -2.56. The Balaban J connectivity index is 0.000000558. The van der Waals surface area contributed by atoms with Crippen LogP contribution in [0.3, 0.4) is 0 Å². The summed E-state index contributed by atoms with van der Waals surface area (Å²) in [5, 5.41) is 1.35. The van der Waals surface area contributed by atoms with Gasteiger partial charge in [0.05, 0.1) is 29.6 Å². The first-order valence-corrected chi connectivity index (χ1v) is 14.1. The Bertz CT molecular complexity index is 1120. The number of amides is 2. The van der Waals surface area contributed by atoms with Crippen molar-refractivity contribution in [3.8, 4) is 0 Å². The second-order valence-corrected chi connectivity index (χ2v) is 13.2. The molecule has 1 fully saturated rings. The standard InChI is InChI=1S/C20H29ClN2O5S.C6H5Cl/c1-5-15(12-29(26,27)20(2,3)4)23-16(13-6-8-14(21)9-7-13)11-28-17(19(23)25)10-18(22)24;7-6-4-2-1-3-5-6/h6-9,15-17H,5,10-12H2,1-4H3,(H2,22,24);1-5H/t15?,16?,17-;/m0./s1. The zero-order chi connectivity index (χ0) is 27.1. The minimum Gasteiger partial charge on any atom is -0.370 e. The van der Waals surface area contributed by atoms with Crippen LogP contribution < -0.4 is 5.73 Å². The molecule has 2 unspecified atom stereocenters. The normalized spacial score (nSPS) is 19.3. The fourth-order valence-corrected chi connectivity index (χ4v) is 5.37. The molecular weight excluding hydrogens is 523 g/mol. The Kier molecular flexibility index (Phi) is 10.8. The molecule has 0 saturated carbocycles. The van der Waals surface area contributed by atoms with Crippen molar-refractivity contribution in [2.75, 3.05) is 12.4 Å². The highest BCUT2D eigenvalue weighted by molar-refractivity contribution is 7.92. The summed E-state index contributed by atoms with van der Waals surface area (Å²) in [5.41, 5.74) is 6.04. The van der Waals surface area contributed by atoms with E-state index in [-0.39, 0.29) is 18.8 Å². The largest absolute Gasteiger partial charge is 0.370 e. The van der Waals surface area contributed by atoms with E-state index in [1.54, 1.807) is 49.9 Å². The Labute approximate surface area is 223 Å². The molecule has 0 spiro atoms. The maximum Gasteiger partial charge on any atom is 0.253 e. The first-order chi connectivity index (χ1) is 16.8. The predicted octanol–water partition coefficient (Wildman–Crippen LogP) is 4.82. The molecule has 1 aliphatic heterocycles. The maximum absolute atomic E-state index is 13.2. The van der Waals surface area contributed by atoms with Crippen LogP contribution in [-0.4, -0.2) is 54.4 Å². The number of halogens is 2. The summed E-state index contributed by atoms with van der Waals surface area (Å²) in [4.78, 5) is 26.1. The van der Waals surface area contributed by atoms with Gasteiger partial charge in [-0.05, 0) is 57.0 Å². The van der Waals surface area contributed by atoms with Gasteiger partial charge in [0.1, 0.15) is 6.10 Å². The van der Waals surface area contributed by atoms with Crippen LogP contribution in [0.5, 0.6) is 0 Å². The van der Waals surface area contributed by atoms with Gasteiger partial charge in [0.2, 0.25) is 5.91 Å². The molecule has 0 aliphatic carbocycles. The van der Waals surface area contributed by atoms with Gasteiger partial charge in [-0.3, -0.25) is 9.59 Å². The second-order valence-electron chi connectivity index (χ2n) is 9.56. The molecule has 1 heterocycles. The highest BCUT2D eigenvalue weighted by atomic mass is 35.5. The molecule has 3 rings (SSSR count). The highest BCUT2D eigenvalue weighted by Crippen LogP contribution is 2.33. The van der Waals surface area contributed by atoms with E-state index in [9.17, 15) is 18.0 Å². The van der Waals surface area contributed by atoms with Crippen molar-refractivity contribution in [3.05, 3.63) is 70.2 Å². The van der Waals surface area contributed by atoms with E-state index < -0.39 is 44.6 Å². The number of nitrogens with two attached hydrogens (primary N) is 1. The van der Waals surface area contributed by atoms with Gasteiger partial charge in [0.15, 0.2) is 9.84 Å². The van der Waals surface area contributed by atoms with Crippen LogP contribution >= 0.6 is 23.2 Å². The molecule has 2 aromatic carbocycles. The molecule has 7 nitrogen and oxygen atoms in total. The molecule has 10 heteroatoms. The molecule has 0 aromatic heterocycles. The van der Waals surface area contributed by atoms with E-state index in [4.69, 9.17) is 33.7 Å². The maximum atomic E-state index is 13.2. The molecule has 36 heavy (non-hydrogen) atoms. The van der Waals surface area contributed by atoms with Gasteiger partial charge in [-0.25, -0.2) is 8.42 Å². The Morgan fingerprint density at radius 1 is 1.08 bits per heavy atom. The molecule has 1 saturated heterocycles. The number of rotatable bonds is 7. The lowest BCUT2D eigenvalue weighted by molar-refractivity contribution is -0.165. The van der Waals surface area contributed by atoms with E-state index in [1.807, 2.05) is 37.3 Å². The lowest BCUT2D eigenvalue weighted by atomic mass is 9.99. The first-order valence-electron chi connectivity index (χ1n) is 11.7. The fourth-order valence-electron chi connectivity index (χ4n) is 3.70. The van der Waals surface area contributed by atoms with Crippen LogP contribution in [-0.2, 0) is 24.2 Å². The average molecular weight is 558 g/mol. The number of hydrogen-bond acceptors (Lipinski definition) is 5. The summed E-state index contributed by atoms with van der Waals surface area (Å²) in [6.07, 6.45) is -0.818. The van der Waals surface area contributed by atoms with Gasteiger partial charge in [-0.15, -0.1) is 0 Å². The Hall–Kier alpha value is -2.13. The van der Waals surface area contributed by atoms with Crippen molar-refractivity contribution in [2.45, 2.75) is 63.5 Å². The van der Waals surface area contributed by atoms with Crippen molar-refractivity contribution in [2.24, 2.45) is 5.73 Å². The van der Waals surface area contributed by atoms with E-state index >= 15 is 0 Å². The van der Waals surface area contributed by atoms with Crippen LogP contribution in [0, 0.1) is 0 Å². The minimum absolute atomic E-state index is 0.136. The van der Waals surface area contributed by atoms with E-state index in [0.29, 0.717) is 11.4 Å². The zero-order valence-corrected chi connectivity index (χ0v) is 23.3. The van der Waals surface area contributed by atoms with E-state index in [2.05, 4.69) is 0 Å². The smallest absolute Gasteiger partial charge is 0.253 e.